The van der Waals surface area contributed by atoms with Crippen LogP contribution >= 0.6 is 0 Å². The predicted octanol–water partition coefficient (Wildman–Crippen LogP) is 5.91. The highest BCUT2D eigenvalue weighted by Gasteiger charge is 2.36. The molecule has 42 heavy (non-hydrogen) atoms. The molecule has 8 nitrogen and oxygen atoms in total. The first kappa shape index (κ1) is 28.9. The molecule has 1 spiro atoms. The Balaban J connectivity index is 1.07. The zero-order valence-corrected chi connectivity index (χ0v) is 24.1. The Morgan fingerprint density at radius 2 is 1.83 bits per heavy atom. The van der Waals surface area contributed by atoms with Gasteiger partial charge in [-0.15, -0.1) is 0 Å². The summed E-state index contributed by atoms with van der Waals surface area (Å²) in [5, 5.41) is 11.8. The lowest BCUT2D eigenvalue weighted by Crippen LogP contribution is -2.46. The number of pyridine rings is 1. The number of amides is 1. The van der Waals surface area contributed by atoms with Crippen LogP contribution in [-0.2, 0) is 6.18 Å². The van der Waals surface area contributed by atoms with Crippen molar-refractivity contribution in [1.82, 2.24) is 25.0 Å². The smallest absolute Gasteiger partial charge is 0.433 e. The molecule has 1 aromatic carbocycles. The number of nitrogens with one attached hydrogen (secondary N) is 2. The van der Waals surface area contributed by atoms with E-state index in [0.717, 1.165) is 35.7 Å². The van der Waals surface area contributed by atoms with E-state index in [1.807, 2.05) is 10.9 Å². The van der Waals surface area contributed by atoms with E-state index in [-0.39, 0.29) is 5.69 Å². The molecule has 11 heteroatoms. The van der Waals surface area contributed by atoms with Crippen LogP contribution in [0, 0.1) is 11.3 Å². The van der Waals surface area contributed by atoms with Gasteiger partial charge in [-0.1, -0.05) is 6.07 Å². The molecule has 2 N–H and O–H groups in total. The van der Waals surface area contributed by atoms with Crippen molar-refractivity contribution in [3.05, 3.63) is 47.9 Å². The number of piperidine rings is 2. The Labute approximate surface area is 244 Å². The topological polar surface area (TPSA) is 84.3 Å². The van der Waals surface area contributed by atoms with Crippen LogP contribution in [0.5, 0.6) is 5.75 Å². The van der Waals surface area contributed by atoms with E-state index >= 15 is 0 Å². The lowest BCUT2D eigenvalue weighted by Gasteiger charge is -2.45. The Morgan fingerprint density at radius 1 is 1.10 bits per heavy atom. The Bertz CT molecular complexity index is 1400. The third kappa shape index (κ3) is 6.27. The van der Waals surface area contributed by atoms with Crippen molar-refractivity contribution in [2.75, 3.05) is 45.2 Å². The number of ether oxygens (including phenoxy) is 1. The largest absolute Gasteiger partial charge is 0.494 e. The van der Waals surface area contributed by atoms with Crippen LogP contribution in [0.4, 0.5) is 18.9 Å². The van der Waals surface area contributed by atoms with E-state index in [1.165, 1.54) is 90.5 Å². The van der Waals surface area contributed by atoms with Gasteiger partial charge in [0.1, 0.15) is 17.1 Å². The van der Waals surface area contributed by atoms with Gasteiger partial charge in [0.25, 0.3) is 5.91 Å². The zero-order valence-electron chi connectivity index (χ0n) is 24.1. The molecule has 3 aromatic rings. The number of likely N-dealkylation sites (tertiary alicyclic amines) is 1. The monoisotopic (exact) mass is 584 g/mol. The van der Waals surface area contributed by atoms with E-state index in [4.69, 9.17) is 9.84 Å². The van der Waals surface area contributed by atoms with Crippen molar-refractivity contribution in [2.45, 2.75) is 63.6 Å². The molecule has 6 rings (SSSR count). The number of hydrogen-bond donors (Lipinski definition) is 2. The van der Waals surface area contributed by atoms with Crippen LogP contribution in [0.25, 0.3) is 10.9 Å². The minimum absolute atomic E-state index is 0.311. The number of anilines is 1. The number of methoxy groups -OCH3 is 1. The Hall–Kier alpha value is -3.18. The minimum Gasteiger partial charge on any atom is -0.494 e. The maximum absolute atomic E-state index is 13.1. The molecule has 4 heterocycles. The van der Waals surface area contributed by atoms with Gasteiger partial charge in [0.15, 0.2) is 0 Å². The number of hydrogen-bond acceptors (Lipinski definition) is 6. The van der Waals surface area contributed by atoms with Gasteiger partial charge in [0.05, 0.1) is 24.4 Å². The van der Waals surface area contributed by atoms with Crippen molar-refractivity contribution in [3.8, 4) is 5.75 Å². The van der Waals surface area contributed by atoms with Crippen LogP contribution in [0.2, 0.25) is 0 Å². The van der Waals surface area contributed by atoms with Gasteiger partial charge < -0.3 is 20.3 Å². The summed E-state index contributed by atoms with van der Waals surface area (Å²) in [4.78, 5) is 19.0. The number of carbonyl (C=O) groups is 1. The molecule has 1 amide bonds. The number of halogens is 3. The van der Waals surface area contributed by atoms with Crippen molar-refractivity contribution in [1.29, 1.82) is 0 Å². The summed E-state index contributed by atoms with van der Waals surface area (Å²) in [5.74, 6) is 0.355. The van der Waals surface area contributed by atoms with Gasteiger partial charge in [-0.25, -0.2) is 4.98 Å². The van der Waals surface area contributed by atoms with E-state index in [0.29, 0.717) is 22.9 Å². The van der Waals surface area contributed by atoms with E-state index in [9.17, 15) is 18.0 Å². The molecule has 3 aliphatic rings. The molecular formula is C31H39F3N6O2. The fraction of sp³-hybridized carbons (Fsp3) is 0.581. The van der Waals surface area contributed by atoms with Crippen molar-refractivity contribution in [2.24, 2.45) is 11.3 Å². The predicted molar refractivity (Wildman–Crippen MR) is 155 cm³/mol. The number of nitrogens with zero attached hydrogens (tertiary/aromatic N) is 4. The highest BCUT2D eigenvalue weighted by Crippen LogP contribution is 2.41. The van der Waals surface area contributed by atoms with Gasteiger partial charge in [-0.2, -0.15) is 18.3 Å². The number of carbonyl (C=O) groups excluding carboxylic acids is 1. The molecule has 3 fully saturated rings. The summed E-state index contributed by atoms with van der Waals surface area (Å²) < 4.78 is 46.7. The van der Waals surface area contributed by atoms with Crippen molar-refractivity contribution < 1.29 is 22.7 Å². The van der Waals surface area contributed by atoms with Crippen LogP contribution in [0.3, 0.4) is 0 Å². The first-order valence-corrected chi connectivity index (χ1v) is 15.1. The SMILES string of the molecule is COc1cc2nn(C3CCC(CN4CCC5(CCNCC5)CC4)CC3)cc2cc1NC(=O)c1cccc(C(F)(F)F)n1. The summed E-state index contributed by atoms with van der Waals surface area (Å²) in [7, 11) is 1.48. The number of aromatic nitrogens is 3. The summed E-state index contributed by atoms with van der Waals surface area (Å²) >= 11 is 0. The average molecular weight is 585 g/mol. The molecule has 226 valence electrons. The van der Waals surface area contributed by atoms with Crippen LogP contribution in [0.15, 0.2) is 36.5 Å². The summed E-state index contributed by atoms with van der Waals surface area (Å²) in [6, 6.07) is 7.06. The number of benzene rings is 1. The van der Waals surface area contributed by atoms with Gasteiger partial charge in [-0.05, 0) is 107 Å². The van der Waals surface area contributed by atoms with Crippen LogP contribution in [-0.4, -0.2) is 65.4 Å². The lowest BCUT2D eigenvalue weighted by molar-refractivity contribution is -0.141. The van der Waals surface area contributed by atoms with E-state index in [1.54, 1.807) is 12.1 Å². The third-order valence-corrected chi connectivity index (χ3v) is 9.65. The van der Waals surface area contributed by atoms with Crippen molar-refractivity contribution >= 4 is 22.5 Å². The van der Waals surface area contributed by atoms with Gasteiger partial charge in [0, 0.05) is 24.2 Å². The van der Waals surface area contributed by atoms with Gasteiger partial charge in [-0.3, -0.25) is 9.48 Å². The summed E-state index contributed by atoms with van der Waals surface area (Å²) in [5.41, 5.74) is 0.238. The van der Waals surface area contributed by atoms with Gasteiger partial charge >= 0.3 is 6.18 Å². The quantitative estimate of drug-likeness (QED) is 0.375. The fourth-order valence-electron chi connectivity index (χ4n) is 7.05. The fourth-order valence-corrected chi connectivity index (χ4v) is 7.05. The molecule has 0 atom stereocenters. The molecule has 1 aliphatic carbocycles. The molecule has 2 aliphatic heterocycles. The maximum Gasteiger partial charge on any atom is 0.433 e. The lowest BCUT2D eigenvalue weighted by atomic mass is 9.71. The van der Waals surface area contributed by atoms with Gasteiger partial charge in [0.2, 0.25) is 0 Å². The minimum atomic E-state index is -4.63. The third-order valence-electron chi connectivity index (χ3n) is 9.65. The molecule has 2 saturated heterocycles. The summed E-state index contributed by atoms with van der Waals surface area (Å²) in [6.45, 7) is 6.01. The molecule has 2 aromatic heterocycles. The normalized spacial score (nSPS) is 23.2. The summed E-state index contributed by atoms with van der Waals surface area (Å²) in [6.07, 6.45) is 7.20. The maximum atomic E-state index is 13.1. The highest BCUT2D eigenvalue weighted by molar-refractivity contribution is 6.05. The molecule has 0 unspecified atom stereocenters. The molecular weight excluding hydrogens is 545 g/mol. The van der Waals surface area contributed by atoms with Crippen LogP contribution < -0.4 is 15.4 Å². The number of fused-ring (bicyclic) bond motifs is 1. The van der Waals surface area contributed by atoms with Crippen molar-refractivity contribution in [3.63, 3.8) is 0 Å². The standard InChI is InChI=1S/C31H39F3N6O2/c1-42-27-18-25-22(17-26(27)37-29(41)24-3-2-4-28(36-24)31(32,33)34)20-40(38-25)23-7-5-21(6-8-23)19-39-15-11-30(12-16-39)9-13-35-14-10-30/h2-4,17-18,20-21,23,35H,5-16,19H2,1H3,(H,37,41). The Kier molecular flexibility index (Phi) is 8.15. The Morgan fingerprint density at radius 3 is 2.52 bits per heavy atom. The average Bonchev–Trinajstić information content (AvgIpc) is 3.41. The second-order valence-electron chi connectivity index (χ2n) is 12.3. The molecule has 0 radical (unpaired) electrons. The second kappa shape index (κ2) is 11.8. The first-order valence-electron chi connectivity index (χ1n) is 15.1. The second-order valence-corrected chi connectivity index (χ2v) is 12.3. The zero-order chi connectivity index (χ0) is 29.3. The van der Waals surface area contributed by atoms with Crippen LogP contribution in [0.1, 0.15) is 73.6 Å². The molecule has 1 saturated carbocycles. The molecule has 0 bridgehead atoms. The first-order chi connectivity index (χ1) is 20.2. The van der Waals surface area contributed by atoms with E-state index < -0.39 is 17.8 Å². The van der Waals surface area contributed by atoms with E-state index in [2.05, 4.69) is 20.5 Å². The number of alkyl halides is 3. The highest BCUT2D eigenvalue weighted by atomic mass is 19.4. The number of rotatable bonds is 6.